The molecule has 1 aliphatic heterocycles. The number of furan rings is 1. The highest BCUT2D eigenvalue weighted by Gasteiger charge is 2.47. The lowest BCUT2D eigenvalue weighted by Crippen LogP contribution is -2.49. The standard InChI is InChI=1S/C11H13NO5/c1-11(10(14)15)6-16-5-8(11)12-9(13)7-3-2-4-17-7/h2-4,8H,5-6H2,1H3,(H,12,13)(H,14,15). The van der Waals surface area contributed by atoms with Crippen molar-refractivity contribution in [1.29, 1.82) is 0 Å². The van der Waals surface area contributed by atoms with Gasteiger partial charge in [0.1, 0.15) is 5.41 Å². The van der Waals surface area contributed by atoms with Gasteiger partial charge in [0, 0.05) is 0 Å². The Morgan fingerprint density at radius 3 is 2.94 bits per heavy atom. The van der Waals surface area contributed by atoms with Crippen LogP contribution in [-0.4, -0.2) is 36.2 Å². The van der Waals surface area contributed by atoms with Crippen molar-refractivity contribution in [2.45, 2.75) is 13.0 Å². The summed E-state index contributed by atoms with van der Waals surface area (Å²) < 4.78 is 10.1. The van der Waals surface area contributed by atoms with Gasteiger partial charge in [0.05, 0.1) is 25.5 Å². The van der Waals surface area contributed by atoms with E-state index >= 15 is 0 Å². The highest BCUT2D eigenvalue weighted by molar-refractivity contribution is 5.92. The Balaban J connectivity index is 2.09. The van der Waals surface area contributed by atoms with Gasteiger partial charge in [-0.05, 0) is 19.1 Å². The number of amides is 1. The molecule has 6 heteroatoms. The van der Waals surface area contributed by atoms with Gasteiger partial charge in [-0.3, -0.25) is 9.59 Å². The molecule has 1 amide bonds. The quantitative estimate of drug-likeness (QED) is 0.801. The normalized spacial score (nSPS) is 27.9. The molecule has 0 bridgehead atoms. The Hall–Kier alpha value is -1.82. The van der Waals surface area contributed by atoms with Gasteiger partial charge in [0.15, 0.2) is 5.76 Å². The molecule has 0 spiro atoms. The number of hydrogen-bond donors (Lipinski definition) is 2. The van der Waals surface area contributed by atoms with Gasteiger partial charge in [0.25, 0.3) is 5.91 Å². The van der Waals surface area contributed by atoms with E-state index in [1.54, 1.807) is 13.0 Å². The molecule has 6 nitrogen and oxygen atoms in total. The largest absolute Gasteiger partial charge is 0.481 e. The van der Waals surface area contributed by atoms with Crippen LogP contribution in [-0.2, 0) is 9.53 Å². The maximum atomic E-state index is 11.7. The molecule has 17 heavy (non-hydrogen) atoms. The molecule has 0 aliphatic carbocycles. The van der Waals surface area contributed by atoms with Crippen LogP contribution in [0.1, 0.15) is 17.5 Å². The van der Waals surface area contributed by atoms with Crippen molar-refractivity contribution in [3.8, 4) is 0 Å². The third-order valence-corrected chi connectivity index (χ3v) is 2.99. The molecule has 2 rings (SSSR count). The van der Waals surface area contributed by atoms with Crippen molar-refractivity contribution in [2.75, 3.05) is 13.2 Å². The minimum atomic E-state index is -1.09. The van der Waals surface area contributed by atoms with E-state index in [1.807, 2.05) is 0 Å². The van der Waals surface area contributed by atoms with E-state index in [2.05, 4.69) is 5.32 Å². The molecule has 0 radical (unpaired) electrons. The molecule has 1 aromatic rings. The summed E-state index contributed by atoms with van der Waals surface area (Å²) in [5, 5.41) is 11.7. The number of aliphatic carboxylic acids is 1. The number of nitrogens with one attached hydrogen (secondary N) is 1. The van der Waals surface area contributed by atoms with Crippen LogP contribution in [0.15, 0.2) is 22.8 Å². The number of ether oxygens (including phenoxy) is 1. The second kappa shape index (κ2) is 4.21. The lowest BCUT2D eigenvalue weighted by Gasteiger charge is -2.24. The average molecular weight is 239 g/mol. The maximum Gasteiger partial charge on any atom is 0.313 e. The van der Waals surface area contributed by atoms with E-state index in [9.17, 15) is 9.59 Å². The molecule has 92 valence electrons. The van der Waals surface area contributed by atoms with Gasteiger partial charge in [-0.2, -0.15) is 0 Å². The molecular formula is C11H13NO5. The topological polar surface area (TPSA) is 88.8 Å². The van der Waals surface area contributed by atoms with E-state index in [0.717, 1.165) is 0 Å². The van der Waals surface area contributed by atoms with Gasteiger partial charge in [-0.15, -0.1) is 0 Å². The van der Waals surface area contributed by atoms with Crippen molar-refractivity contribution in [1.82, 2.24) is 5.32 Å². The average Bonchev–Trinajstić information content (AvgIpc) is 2.89. The Kier molecular flexibility index (Phi) is 2.89. The van der Waals surface area contributed by atoms with E-state index < -0.39 is 23.3 Å². The molecule has 1 fully saturated rings. The van der Waals surface area contributed by atoms with Crippen LogP contribution in [0.4, 0.5) is 0 Å². The van der Waals surface area contributed by atoms with E-state index in [1.165, 1.54) is 12.3 Å². The van der Waals surface area contributed by atoms with Crippen LogP contribution in [0.2, 0.25) is 0 Å². The van der Waals surface area contributed by atoms with Gasteiger partial charge >= 0.3 is 5.97 Å². The molecule has 0 saturated carbocycles. The van der Waals surface area contributed by atoms with E-state index in [0.29, 0.717) is 0 Å². The summed E-state index contributed by atoms with van der Waals surface area (Å²) in [7, 11) is 0. The van der Waals surface area contributed by atoms with Gasteiger partial charge in [-0.1, -0.05) is 0 Å². The SMILES string of the molecule is CC1(C(=O)O)COCC1NC(=O)c1ccco1. The number of carbonyl (C=O) groups excluding carboxylic acids is 1. The molecule has 1 saturated heterocycles. The molecular weight excluding hydrogens is 226 g/mol. The number of carboxylic acid groups (broad SMARTS) is 1. The summed E-state index contributed by atoms with van der Waals surface area (Å²) in [5.41, 5.74) is -1.09. The zero-order valence-electron chi connectivity index (χ0n) is 9.30. The first-order chi connectivity index (χ1) is 8.04. The lowest BCUT2D eigenvalue weighted by atomic mass is 9.85. The van der Waals surface area contributed by atoms with Gasteiger partial charge in [-0.25, -0.2) is 0 Å². The summed E-state index contributed by atoms with van der Waals surface area (Å²) in [4.78, 5) is 22.9. The molecule has 2 N–H and O–H groups in total. The number of hydrogen-bond acceptors (Lipinski definition) is 4. The summed E-state index contributed by atoms with van der Waals surface area (Å²) in [6.07, 6.45) is 1.39. The summed E-state index contributed by atoms with van der Waals surface area (Å²) in [6, 6.07) is 2.55. The van der Waals surface area contributed by atoms with Crippen molar-refractivity contribution in [2.24, 2.45) is 5.41 Å². The van der Waals surface area contributed by atoms with E-state index in [-0.39, 0.29) is 19.0 Å². The zero-order chi connectivity index (χ0) is 12.5. The van der Waals surface area contributed by atoms with Crippen molar-refractivity contribution in [3.63, 3.8) is 0 Å². The number of carbonyl (C=O) groups is 2. The van der Waals surface area contributed by atoms with Crippen LogP contribution in [0.5, 0.6) is 0 Å². The zero-order valence-corrected chi connectivity index (χ0v) is 9.30. The monoisotopic (exact) mass is 239 g/mol. The molecule has 2 unspecified atom stereocenters. The first kappa shape index (κ1) is 11.7. The first-order valence-electron chi connectivity index (χ1n) is 5.19. The third kappa shape index (κ3) is 2.03. The Morgan fingerprint density at radius 1 is 1.59 bits per heavy atom. The highest BCUT2D eigenvalue weighted by atomic mass is 16.5. The second-order valence-corrected chi connectivity index (χ2v) is 4.24. The Labute approximate surface area is 97.6 Å². The highest BCUT2D eigenvalue weighted by Crippen LogP contribution is 2.28. The minimum absolute atomic E-state index is 0.0887. The second-order valence-electron chi connectivity index (χ2n) is 4.24. The van der Waals surface area contributed by atoms with Gasteiger partial charge in [0.2, 0.25) is 0 Å². The van der Waals surface area contributed by atoms with Crippen LogP contribution in [0.3, 0.4) is 0 Å². The molecule has 2 atom stereocenters. The fourth-order valence-corrected chi connectivity index (χ4v) is 1.72. The molecule has 0 aromatic carbocycles. The maximum absolute atomic E-state index is 11.7. The summed E-state index contributed by atoms with van der Waals surface area (Å²) >= 11 is 0. The Morgan fingerprint density at radius 2 is 2.35 bits per heavy atom. The van der Waals surface area contributed by atoms with Crippen molar-refractivity contribution in [3.05, 3.63) is 24.2 Å². The summed E-state index contributed by atoms with van der Waals surface area (Å²) in [6.45, 7) is 1.83. The number of carboxylic acids is 1. The van der Waals surface area contributed by atoms with Crippen LogP contribution in [0.25, 0.3) is 0 Å². The van der Waals surface area contributed by atoms with Crippen LogP contribution in [0, 0.1) is 5.41 Å². The predicted octanol–water partition coefficient (Wildman–Crippen LogP) is 0.499. The minimum Gasteiger partial charge on any atom is -0.481 e. The molecule has 1 aliphatic rings. The predicted molar refractivity (Wildman–Crippen MR) is 56.5 cm³/mol. The smallest absolute Gasteiger partial charge is 0.313 e. The van der Waals surface area contributed by atoms with Crippen molar-refractivity contribution >= 4 is 11.9 Å². The molecule has 1 aromatic heterocycles. The fourth-order valence-electron chi connectivity index (χ4n) is 1.72. The van der Waals surface area contributed by atoms with Crippen LogP contribution < -0.4 is 5.32 Å². The van der Waals surface area contributed by atoms with Gasteiger partial charge < -0.3 is 19.6 Å². The van der Waals surface area contributed by atoms with E-state index in [4.69, 9.17) is 14.3 Å². The molecule has 2 heterocycles. The summed E-state index contributed by atoms with van der Waals surface area (Å²) in [5.74, 6) is -1.26. The number of rotatable bonds is 3. The third-order valence-electron chi connectivity index (χ3n) is 2.99. The Bertz CT molecular complexity index is 427. The van der Waals surface area contributed by atoms with Crippen molar-refractivity contribution < 1.29 is 23.8 Å². The fraction of sp³-hybridized carbons (Fsp3) is 0.455. The lowest BCUT2D eigenvalue weighted by molar-refractivity contribution is -0.148. The first-order valence-corrected chi connectivity index (χ1v) is 5.19. The van der Waals surface area contributed by atoms with Crippen LogP contribution >= 0.6 is 0 Å².